The molecule has 7 heteroatoms. The number of aromatic nitrogens is 1. The van der Waals surface area contributed by atoms with E-state index in [0.29, 0.717) is 29.4 Å². The first kappa shape index (κ1) is 14.7. The van der Waals surface area contributed by atoms with Gasteiger partial charge in [0, 0.05) is 12.2 Å². The first-order valence-corrected chi connectivity index (χ1v) is 6.43. The Bertz CT molecular complexity index is 676. The normalized spacial score (nSPS) is 10.2. The molecule has 1 aromatic heterocycles. The molecule has 0 aliphatic rings. The van der Waals surface area contributed by atoms with Crippen LogP contribution in [0.5, 0.6) is 0 Å². The smallest absolute Gasteiger partial charge is 0.276 e. The maximum absolute atomic E-state index is 13.1. The Balaban J connectivity index is 2.36. The number of benzene rings is 1. The molecule has 21 heavy (non-hydrogen) atoms. The molecule has 0 radical (unpaired) electrons. The molecule has 0 amide bonds. The maximum Gasteiger partial charge on any atom is 0.276 e. The Hall–Kier alpha value is -2.70. The molecule has 0 aliphatic carbocycles. The van der Waals surface area contributed by atoms with Crippen LogP contribution in [0, 0.1) is 22.9 Å². The molecule has 0 saturated heterocycles. The Morgan fingerprint density at radius 2 is 2.00 bits per heavy atom. The third-order valence-electron chi connectivity index (χ3n) is 2.83. The van der Waals surface area contributed by atoms with E-state index in [4.69, 9.17) is 0 Å². The van der Waals surface area contributed by atoms with Crippen molar-refractivity contribution < 1.29 is 9.31 Å². The third-order valence-corrected chi connectivity index (χ3v) is 2.83. The van der Waals surface area contributed by atoms with Gasteiger partial charge in [0.25, 0.3) is 5.69 Å². The number of hydrogen-bond donors (Lipinski definition) is 2. The zero-order valence-corrected chi connectivity index (χ0v) is 11.7. The highest BCUT2D eigenvalue weighted by atomic mass is 19.1. The Labute approximate surface area is 121 Å². The number of hydrogen-bond acceptors (Lipinski definition) is 5. The van der Waals surface area contributed by atoms with Crippen molar-refractivity contribution in [3.05, 3.63) is 51.8 Å². The highest BCUT2D eigenvalue weighted by molar-refractivity contribution is 5.64. The molecular formula is C14H15FN4O2. The van der Waals surface area contributed by atoms with Crippen molar-refractivity contribution in [1.82, 2.24) is 4.98 Å². The molecule has 0 unspecified atom stereocenters. The van der Waals surface area contributed by atoms with E-state index in [9.17, 15) is 14.5 Å². The second-order valence-corrected chi connectivity index (χ2v) is 4.47. The van der Waals surface area contributed by atoms with Gasteiger partial charge in [0.15, 0.2) is 0 Å². The van der Waals surface area contributed by atoms with Crippen LogP contribution in [0.4, 0.5) is 27.4 Å². The lowest BCUT2D eigenvalue weighted by Crippen LogP contribution is -2.04. The minimum absolute atomic E-state index is 0.0665. The standard InChI is InChI=1S/C14H15FN4O2/c1-3-16-13-7-11(19(20)21)8-14(18-13)17-12-5-4-10(15)6-9(12)2/h4-8H,3H2,1-2H3,(H2,16,17,18). The molecule has 110 valence electrons. The second-order valence-electron chi connectivity index (χ2n) is 4.47. The lowest BCUT2D eigenvalue weighted by molar-refractivity contribution is -0.384. The lowest BCUT2D eigenvalue weighted by atomic mass is 10.2. The number of anilines is 3. The lowest BCUT2D eigenvalue weighted by Gasteiger charge is -2.10. The van der Waals surface area contributed by atoms with Crippen molar-refractivity contribution in [3.63, 3.8) is 0 Å². The highest BCUT2D eigenvalue weighted by Crippen LogP contribution is 2.25. The third kappa shape index (κ3) is 3.65. The predicted molar refractivity (Wildman–Crippen MR) is 79.5 cm³/mol. The van der Waals surface area contributed by atoms with Crippen LogP contribution in [-0.2, 0) is 0 Å². The second kappa shape index (κ2) is 6.17. The van der Waals surface area contributed by atoms with Gasteiger partial charge in [-0.1, -0.05) is 0 Å². The zero-order valence-electron chi connectivity index (χ0n) is 11.7. The molecule has 0 atom stereocenters. The van der Waals surface area contributed by atoms with Gasteiger partial charge in [-0.15, -0.1) is 0 Å². The summed E-state index contributed by atoms with van der Waals surface area (Å²) in [5.74, 6) is 0.405. The minimum atomic E-state index is -0.481. The van der Waals surface area contributed by atoms with E-state index in [0.717, 1.165) is 0 Å². The Kier molecular flexibility index (Phi) is 4.32. The van der Waals surface area contributed by atoms with Crippen molar-refractivity contribution in [2.45, 2.75) is 13.8 Å². The zero-order chi connectivity index (χ0) is 15.4. The van der Waals surface area contributed by atoms with Crippen LogP contribution in [0.1, 0.15) is 12.5 Å². The van der Waals surface area contributed by atoms with E-state index in [2.05, 4.69) is 15.6 Å². The van der Waals surface area contributed by atoms with Crippen LogP contribution < -0.4 is 10.6 Å². The Morgan fingerprint density at radius 1 is 1.29 bits per heavy atom. The van der Waals surface area contributed by atoms with Gasteiger partial charge in [0.1, 0.15) is 17.5 Å². The molecule has 0 saturated carbocycles. The van der Waals surface area contributed by atoms with E-state index in [1.54, 1.807) is 13.0 Å². The van der Waals surface area contributed by atoms with E-state index in [1.165, 1.54) is 24.3 Å². The minimum Gasteiger partial charge on any atom is -0.370 e. The van der Waals surface area contributed by atoms with Gasteiger partial charge in [0.2, 0.25) is 0 Å². The molecule has 0 bridgehead atoms. The summed E-state index contributed by atoms with van der Waals surface area (Å²) in [6.45, 7) is 4.22. The summed E-state index contributed by atoms with van der Waals surface area (Å²) in [6, 6.07) is 6.97. The molecule has 0 fully saturated rings. The van der Waals surface area contributed by atoms with Crippen molar-refractivity contribution in [2.75, 3.05) is 17.2 Å². The largest absolute Gasteiger partial charge is 0.370 e. The summed E-state index contributed by atoms with van der Waals surface area (Å²) >= 11 is 0. The quantitative estimate of drug-likeness (QED) is 0.649. The van der Waals surface area contributed by atoms with Gasteiger partial charge in [-0.25, -0.2) is 9.37 Å². The monoisotopic (exact) mass is 290 g/mol. The number of nitro groups is 1. The predicted octanol–water partition coefficient (Wildman–Crippen LogP) is 3.61. The van der Waals surface area contributed by atoms with Crippen molar-refractivity contribution in [1.29, 1.82) is 0 Å². The van der Waals surface area contributed by atoms with Crippen LogP contribution in [0.2, 0.25) is 0 Å². The number of nitrogens with zero attached hydrogens (tertiary/aromatic N) is 2. The molecule has 1 heterocycles. The van der Waals surface area contributed by atoms with E-state index in [1.807, 2.05) is 6.92 Å². The van der Waals surface area contributed by atoms with E-state index in [-0.39, 0.29) is 11.5 Å². The molecule has 6 nitrogen and oxygen atoms in total. The van der Waals surface area contributed by atoms with Crippen LogP contribution in [0.25, 0.3) is 0 Å². The van der Waals surface area contributed by atoms with Crippen molar-refractivity contribution >= 4 is 23.0 Å². The fraction of sp³-hybridized carbons (Fsp3) is 0.214. The summed E-state index contributed by atoms with van der Waals surface area (Å²) in [6.07, 6.45) is 0. The number of nitrogens with one attached hydrogen (secondary N) is 2. The average Bonchev–Trinajstić information content (AvgIpc) is 2.42. The van der Waals surface area contributed by atoms with Crippen LogP contribution >= 0.6 is 0 Å². The summed E-state index contributed by atoms with van der Waals surface area (Å²) in [7, 11) is 0. The number of halogens is 1. The summed E-state index contributed by atoms with van der Waals surface area (Å²) in [5.41, 5.74) is 1.27. The molecule has 0 aliphatic heterocycles. The maximum atomic E-state index is 13.1. The van der Waals surface area contributed by atoms with Gasteiger partial charge < -0.3 is 10.6 Å². The number of aryl methyl sites for hydroxylation is 1. The van der Waals surface area contributed by atoms with Crippen LogP contribution in [-0.4, -0.2) is 16.5 Å². The average molecular weight is 290 g/mol. The topological polar surface area (TPSA) is 80.1 Å². The van der Waals surface area contributed by atoms with Crippen LogP contribution in [0.3, 0.4) is 0 Å². The molecular weight excluding hydrogens is 275 g/mol. The SMILES string of the molecule is CCNc1cc([N+](=O)[O-])cc(Nc2ccc(F)cc2C)n1. The van der Waals surface area contributed by atoms with Gasteiger partial charge >= 0.3 is 0 Å². The number of rotatable bonds is 5. The Morgan fingerprint density at radius 3 is 2.62 bits per heavy atom. The van der Waals surface area contributed by atoms with Crippen LogP contribution in [0.15, 0.2) is 30.3 Å². The van der Waals surface area contributed by atoms with Gasteiger partial charge in [-0.05, 0) is 37.6 Å². The first-order valence-electron chi connectivity index (χ1n) is 6.43. The van der Waals surface area contributed by atoms with Crippen molar-refractivity contribution in [2.24, 2.45) is 0 Å². The molecule has 2 aromatic rings. The molecule has 0 spiro atoms. The van der Waals surface area contributed by atoms with Crippen molar-refractivity contribution in [3.8, 4) is 0 Å². The summed E-state index contributed by atoms with van der Waals surface area (Å²) in [5, 5.41) is 16.9. The number of pyridine rings is 1. The summed E-state index contributed by atoms with van der Waals surface area (Å²) in [4.78, 5) is 14.7. The van der Waals surface area contributed by atoms with Gasteiger partial charge in [-0.2, -0.15) is 0 Å². The van der Waals surface area contributed by atoms with E-state index >= 15 is 0 Å². The van der Waals surface area contributed by atoms with E-state index < -0.39 is 4.92 Å². The summed E-state index contributed by atoms with van der Waals surface area (Å²) < 4.78 is 13.1. The first-order chi connectivity index (χ1) is 9.99. The fourth-order valence-corrected chi connectivity index (χ4v) is 1.86. The van der Waals surface area contributed by atoms with Gasteiger partial charge in [0.05, 0.1) is 17.1 Å². The highest BCUT2D eigenvalue weighted by Gasteiger charge is 2.12. The molecule has 2 N–H and O–H groups in total. The molecule has 1 aromatic carbocycles. The fourth-order valence-electron chi connectivity index (χ4n) is 1.86. The molecule has 2 rings (SSSR count). The van der Waals surface area contributed by atoms with Gasteiger partial charge in [-0.3, -0.25) is 10.1 Å².